The molecule has 2 aromatic rings. The molecule has 0 bridgehead atoms. The fourth-order valence-corrected chi connectivity index (χ4v) is 6.33. The number of fused-ring (bicyclic) bond motifs is 2. The lowest BCUT2D eigenvalue weighted by atomic mass is 9.89. The minimum atomic E-state index is -3.68. The lowest BCUT2D eigenvalue weighted by Crippen LogP contribution is -2.23. The van der Waals surface area contributed by atoms with E-state index in [0.29, 0.717) is 6.42 Å². The Morgan fingerprint density at radius 1 is 1.04 bits per heavy atom. The van der Waals surface area contributed by atoms with Crippen molar-refractivity contribution in [3.63, 3.8) is 0 Å². The van der Waals surface area contributed by atoms with Gasteiger partial charge in [0.1, 0.15) is 0 Å². The third-order valence-corrected chi connectivity index (χ3v) is 9.54. The van der Waals surface area contributed by atoms with Crippen LogP contribution in [0.4, 0.5) is 0 Å². The summed E-state index contributed by atoms with van der Waals surface area (Å²) >= 11 is 7.46. The van der Waals surface area contributed by atoms with Crippen molar-refractivity contribution >= 4 is 41.9 Å². The van der Waals surface area contributed by atoms with Crippen molar-refractivity contribution in [2.24, 2.45) is 0 Å². The van der Waals surface area contributed by atoms with Gasteiger partial charge in [-0.25, -0.2) is 12.4 Å². The summed E-state index contributed by atoms with van der Waals surface area (Å²) in [5.74, 6) is 0. The van der Waals surface area contributed by atoms with E-state index in [0.717, 1.165) is 34.3 Å². The number of alkyl halides is 2. The molecular formula is C20H19Br2NO3S. The van der Waals surface area contributed by atoms with Gasteiger partial charge in [0.15, 0.2) is 0 Å². The van der Waals surface area contributed by atoms with Gasteiger partial charge in [-0.15, -0.1) is 0 Å². The number of aromatic nitrogens is 1. The van der Waals surface area contributed by atoms with Crippen LogP contribution in [0.1, 0.15) is 27.9 Å². The van der Waals surface area contributed by atoms with Crippen molar-refractivity contribution < 1.29 is 13.5 Å². The quantitative estimate of drug-likeness (QED) is 0.606. The third kappa shape index (κ3) is 3.28. The molecule has 0 radical (unpaired) electrons. The second-order valence-electron chi connectivity index (χ2n) is 6.96. The summed E-state index contributed by atoms with van der Waals surface area (Å²) in [6.07, 6.45) is 8.00. The van der Waals surface area contributed by atoms with E-state index in [4.69, 9.17) is 0 Å². The van der Waals surface area contributed by atoms with Crippen LogP contribution >= 0.6 is 31.9 Å². The van der Waals surface area contributed by atoms with E-state index in [-0.39, 0.29) is 14.5 Å². The molecule has 3 unspecified atom stereocenters. The van der Waals surface area contributed by atoms with Crippen molar-refractivity contribution in [1.29, 1.82) is 0 Å². The highest BCUT2D eigenvalue weighted by molar-refractivity contribution is 9.12. The number of hydrogen-bond acceptors (Lipinski definition) is 3. The molecule has 0 saturated heterocycles. The van der Waals surface area contributed by atoms with Crippen LogP contribution in [-0.2, 0) is 16.4 Å². The zero-order chi connectivity index (χ0) is 19.3. The predicted molar refractivity (Wildman–Crippen MR) is 113 cm³/mol. The first-order chi connectivity index (χ1) is 12.8. The van der Waals surface area contributed by atoms with Gasteiger partial charge in [-0.1, -0.05) is 61.7 Å². The summed E-state index contributed by atoms with van der Waals surface area (Å²) in [5.41, 5.74) is 4.72. The molecule has 1 aromatic carbocycles. The van der Waals surface area contributed by atoms with Crippen LogP contribution in [0, 0.1) is 6.92 Å². The highest BCUT2D eigenvalue weighted by Gasteiger charge is 2.34. The number of halogens is 2. The van der Waals surface area contributed by atoms with Crippen molar-refractivity contribution in [2.75, 3.05) is 0 Å². The number of rotatable bonds is 2. The standard InChI is InChI=1S/C20H19Br2NO3S/c1-12-5-7-14(8-6-12)27(25,26)23-10-13-9-18(24)15-3-2-4-16(15)19(21)20(22)17(13)11-23/h3-8,10-11,18-20,24H,2,9H2,1H3. The van der Waals surface area contributed by atoms with Crippen LogP contribution in [0.25, 0.3) is 0 Å². The average Bonchev–Trinajstić information content (AvgIpc) is 3.27. The molecule has 1 heterocycles. The highest BCUT2D eigenvalue weighted by atomic mass is 79.9. The molecule has 1 N–H and O–H groups in total. The Hall–Kier alpha value is -1.15. The minimum Gasteiger partial charge on any atom is -0.388 e. The Morgan fingerprint density at radius 3 is 2.41 bits per heavy atom. The maximum Gasteiger partial charge on any atom is 0.267 e. The van der Waals surface area contributed by atoms with E-state index in [1.807, 2.05) is 13.0 Å². The van der Waals surface area contributed by atoms with Gasteiger partial charge in [-0.05, 0) is 47.8 Å². The van der Waals surface area contributed by atoms with Crippen LogP contribution in [0.5, 0.6) is 0 Å². The van der Waals surface area contributed by atoms with E-state index in [9.17, 15) is 13.5 Å². The van der Waals surface area contributed by atoms with Gasteiger partial charge < -0.3 is 5.11 Å². The summed E-state index contributed by atoms with van der Waals surface area (Å²) < 4.78 is 27.4. The largest absolute Gasteiger partial charge is 0.388 e. The molecule has 142 valence electrons. The first-order valence-electron chi connectivity index (χ1n) is 8.68. The van der Waals surface area contributed by atoms with Crippen molar-refractivity contribution in [3.05, 3.63) is 76.6 Å². The molecule has 4 rings (SSSR count). The van der Waals surface area contributed by atoms with Crippen molar-refractivity contribution in [3.8, 4) is 0 Å². The van der Waals surface area contributed by atoms with Gasteiger partial charge in [0.25, 0.3) is 10.0 Å². The topological polar surface area (TPSA) is 59.3 Å². The lowest BCUT2D eigenvalue weighted by molar-refractivity contribution is 0.212. The molecule has 2 aliphatic rings. The van der Waals surface area contributed by atoms with E-state index in [1.54, 1.807) is 36.7 Å². The van der Waals surface area contributed by atoms with Gasteiger partial charge in [0, 0.05) is 18.8 Å². The summed E-state index contributed by atoms with van der Waals surface area (Å²) in [6, 6.07) is 6.82. The summed E-state index contributed by atoms with van der Waals surface area (Å²) in [4.78, 5) is 0.112. The van der Waals surface area contributed by atoms with Crippen molar-refractivity contribution in [1.82, 2.24) is 3.97 Å². The fourth-order valence-electron chi connectivity index (χ4n) is 3.66. The maximum atomic E-state index is 13.1. The normalized spacial score (nSPS) is 25.1. The second kappa shape index (κ2) is 7.03. The van der Waals surface area contributed by atoms with Gasteiger partial charge >= 0.3 is 0 Å². The van der Waals surface area contributed by atoms with Crippen LogP contribution in [-0.4, -0.2) is 28.4 Å². The fraction of sp³-hybridized carbons (Fsp3) is 0.300. The smallest absolute Gasteiger partial charge is 0.267 e. The molecule has 2 aliphatic carbocycles. The second-order valence-corrected chi connectivity index (χ2v) is 10.8. The molecule has 27 heavy (non-hydrogen) atoms. The molecule has 4 nitrogen and oxygen atoms in total. The molecule has 0 fully saturated rings. The Bertz CT molecular complexity index is 1050. The van der Waals surface area contributed by atoms with Crippen molar-refractivity contribution in [2.45, 2.75) is 40.4 Å². The molecule has 0 amide bonds. The summed E-state index contributed by atoms with van der Waals surface area (Å²) in [7, 11) is -3.68. The van der Waals surface area contributed by atoms with E-state index in [2.05, 4.69) is 37.9 Å². The number of nitrogens with zero attached hydrogens (tertiary/aromatic N) is 1. The predicted octanol–water partition coefficient (Wildman–Crippen LogP) is 4.41. The Balaban J connectivity index is 1.80. The molecular weight excluding hydrogens is 494 g/mol. The van der Waals surface area contributed by atoms with Crippen LogP contribution in [0.15, 0.2) is 64.9 Å². The first kappa shape index (κ1) is 19.2. The summed E-state index contributed by atoms with van der Waals surface area (Å²) in [6.45, 7) is 1.92. The number of allylic oxidation sites excluding steroid dienone is 2. The number of aliphatic hydroxyl groups excluding tert-OH is 1. The Morgan fingerprint density at radius 2 is 1.70 bits per heavy atom. The Labute approximate surface area is 175 Å². The van der Waals surface area contributed by atoms with Crippen LogP contribution in [0.2, 0.25) is 0 Å². The number of aryl methyl sites for hydroxylation is 1. The molecule has 3 atom stereocenters. The zero-order valence-corrected chi connectivity index (χ0v) is 18.6. The first-order valence-corrected chi connectivity index (χ1v) is 12.0. The van der Waals surface area contributed by atoms with Crippen LogP contribution in [0.3, 0.4) is 0 Å². The lowest BCUT2D eigenvalue weighted by Gasteiger charge is -2.27. The zero-order valence-electron chi connectivity index (χ0n) is 14.6. The molecule has 1 aromatic heterocycles. The summed E-state index contributed by atoms with van der Waals surface area (Å²) in [5, 5.41) is 10.7. The maximum absolute atomic E-state index is 13.1. The number of benzene rings is 1. The molecule has 0 aliphatic heterocycles. The highest BCUT2D eigenvalue weighted by Crippen LogP contribution is 2.45. The van der Waals surface area contributed by atoms with E-state index >= 15 is 0 Å². The number of aliphatic hydroxyl groups is 1. The minimum absolute atomic E-state index is 0.0436. The molecule has 7 heteroatoms. The molecule has 0 spiro atoms. The van der Waals surface area contributed by atoms with Gasteiger partial charge in [-0.2, -0.15) is 0 Å². The van der Waals surface area contributed by atoms with Crippen LogP contribution < -0.4 is 0 Å². The Kier molecular flexibility index (Phi) is 4.99. The van der Waals surface area contributed by atoms with E-state index < -0.39 is 16.1 Å². The average molecular weight is 513 g/mol. The monoisotopic (exact) mass is 511 g/mol. The van der Waals surface area contributed by atoms with Gasteiger partial charge in [-0.3, -0.25) is 0 Å². The number of hydrogen-bond donors (Lipinski definition) is 1. The van der Waals surface area contributed by atoms with E-state index in [1.165, 1.54) is 3.97 Å². The molecule has 0 saturated carbocycles. The van der Waals surface area contributed by atoms with Gasteiger partial charge in [0.2, 0.25) is 0 Å². The van der Waals surface area contributed by atoms with Gasteiger partial charge in [0.05, 0.1) is 20.7 Å². The third-order valence-electron chi connectivity index (χ3n) is 5.15. The SMILES string of the molecule is Cc1ccc(S(=O)(=O)n2cc3c(c2)C(Br)C(Br)C2=CCC=C2C(O)C3)cc1.